The lowest BCUT2D eigenvalue weighted by molar-refractivity contribution is -0.108. The summed E-state index contributed by atoms with van der Waals surface area (Å²) >= 11 is 0. The summed E-state index contributed by atoms with van der Waals surface area (Å²) < 4.78 is 13.5. The van der Waals surface area contributed by atoms with Crippen molar-refractivity contribution in [3.05, 3.63) is 65.0 Å². The normalized spacial score (nSPS) is 11.9. The first kappa shape index (κ1) is 13.3. The topological polar surface area (TPSA) is 29.1 Å². The second-order valence-electron chi connectivity index (χ2n) is 4.63. The number of benzene rings is 2. The quantitative estimate of drug-likeness (QED) is 0.844. The molecule has 0 aromatic heterocycles. The number of hydrogen-bond donors (Lipinski definition) is 1. The Kier molecular flexibility index (Phi) is 3.95. The molecule has 0 heterocycles. The molecule has 0 amide bonds. The molecule has 1 unspecified atom stereocenters. The highest BCUT2D eigenvalue weighted by molar-refractivity contribution is 5.67. The van der Waals surface area contributed by atoms with Crippen molar-refractivity contribution < 1.29 is 9.18 Å². The summed E-state index contributed by atoms with van der Waals surface area (Å²) in [5, 5.41) is 3.08. The second kappa shape index (κ2) is 5.65. The fourth-order valence-corrected chi connectivity index (χ4v) is 1.83. The molecule has 0 fully saturated rings. The molecule has 0 aliphatic carbocycles. The third-order valence-electron chi connectivity index (χ3n) is 3.06. The van der Waals surface area contributed by atoms with Gasteiger partial charge in [0.25, 0.3) is 0 Å². The van der Waals surface area contributed by atoms with Crippen molar-refractivity contribution in [3.8, 4) is 0 Å². The molecule has 3 heteroatoms. The lowest BCUT2D eigenvalue weighted by atomic mass is 10.1. The number of anilines is 1. The van der Waals surface area contributed by atoms with Crippen LogP contribution >= 0.6 is 0 Å². The molecule has 19 heavy (non-hydrogen) atoms. The average Bonchev–Trinajstić information content (AvgIpc) is 2.41. The number of hydrogen-bond acceptors (Lipinski definition) is 2. The number of aryl methyl sites for hydroxylation is 2. The minimum absolute atomic E-state index is 0.296. The van der Waals surface area contributed by atoms with E-state index in [0.29, 0.717) is 11.1 Å². The van der Waals surface area contributed by atoms with E-state index in [1.807, 2.05) is 31.2 Å². The predicted octanol–water partition coefficient (Wildman–Crippen LogP) is 3.79. The van der Waals surface area contributed by atoms with Crippen LogP contribution in [-0.4, -0.2) is 6.29 Å². The standard InChI is InChI=1S/C16H16FNO/c1-11-3-7-14(8-4-11)18-16(10-19)13-6-5-12(2)15(17)9-13/h3-10,16,18H,1-2H3. The van der Waals surface area contributed by atoms with Crippen LogP contribution in [0.3, 0.4) is 0 Å². The van der Waals surface area contributed by atoms with Gasteiger partial charge >= 0.3 is 0 Å². The van der Waals surface area contributed by atoms with Gasteiger partial charge in [-0.1, -0.05) is 29.8 Å². The first-order chi connectivity index (χ1) is 9.10. The van der Waals surface area contributed by atoms with Crippen molar-refractivity contribution in [1.29, 1.82) is 0 Å². The Morgan fingerprint density at radius 3 is 2.37 bits per heavy atom. The highest BCUT2D eigenvalue weighted by Gasteiger charge is 2.11. The van der Waals surface area contributed by atoms with Crippen molar-refractivity contribution in [3.63, 3.8) is 0 Å². The van der Waals surface area contributed by atoms with Gasteiger partial charge in [0.2, 0.25) is 0 Å². The van der Waals surface area contributed by atoms with E-state index in [-0.39, 0.29) is 5.82 Å². The summed E-state index contributed by atoms with van der Waals surface area (Å²) in [6.45, 7) is 3.69. The van der Waals surface area contributed by atoms with Crippen LogP contribution in [0.4, 0.5) is 10.1 Å². The molecule has 0 aliphatic rings. The average molecular weight is 257 g/mol. The monoisotopic (exact) mass is 257 g/mol. The van der Waals surface area contributed by atoms with Gasteiger partial charge in [-0.2, -0.15) is 0 Å². The zero-order chi connectivity index (χ0) is 13.8. The number of carbonyl (C=O) groups excluding carboxylic acids is 1. The minimum Gasteiger partial charge on any atom is -0.372 e. The highest BCUT2D eigenvalue weighted by atomic mass is 19.1. The van der Waals surface area contributed by atoms with Gasteiger partial charge in [0.1, 0.15) is 18.1 Å². The smallest absolute Gasteiger partial charge is 0.146 e. The van der Waals surface area contributed by atoms with E-state index in [2.05, 4.69) is 5.32 Å². The van der Waals surface area contributed by atoms with Crippen LogP contribution in [0.5, 0.6) is 0 Å². The minimum atomic E-state index is -0.544. The molecule has 0 aliphatic heterocycles. The molecule has 0 bridgehead atoms. The van der Waals surface area contributed by atoms with Gasteiger partial charge in [0.05, 0.1) is 0 Å². The molecule has 1 N–H and O–H groups in total. The van der Waals surface area contributed by atoms with E-state index in [4.69, 9.17) is 0 Å². The van der Waals surface area contributed by atoms with E-state index in [9.17, 15) is 9.18 Å². The first-order valence-electron chi connectivity index (χ1n) is 6.14. The number of carbonyl (C=O) groups is 1. The summed E-state index contributed by atoms with van der Waals surface area (Å²) in [6, 6.07) is 12.0. The third-order valence-corrected chi connectivity index (χ3v) is 3.06. The fraction of sp³-hybridized carbons (Fsp3) is 0.188. The summed E-state index contributed by atoms with van der Waals surface area (Å²) in [7, 11) is 0. The van der Waals surface area contributed by atoms with Crippen molar-refractivity contribution >= 4 is 12.0 Å². The molecule has 1 atom stereocenters. The largest absolute Gasteiger partial charge is 0.372 e. The van der Waals surface area contributed by atoms with Crippen molar-refractivity contribution in [1.82, 2.24) is 0 Å². The Labute approximate surface area is 112 Å². The molecule has 0 saturated carbocycles. The van der Waals surface area contributed by atoms with Gasteiger partial charge in [-0.3, -0.25) is 0 Å². The Morgan fingerprint density at radius 1 is 1.11 bits per heavy atom. The maximum absolute atomic E-state index is 13.5. The Bertz CT molecular complexity index is 578. The van der Waals surface area contributed by atoms with Gasteiger partial charge in [-0.15, -0.1) is 0 Å². The molecule has 0 spiro atoms. The fourth-order valence-electron chi connectivity index (χ4n) is 1.83. The molecule has 98 valence electrons. The zero-order valence-electron chi connectivity index (χ0n) is 11.0. The van der Waals surface area contributed by atoms with Crippen LogP contribution < -0.4 is 5.32 Å². The van der Waals surface area contributed by atoms with Gasteiger partial charge in [0, 0.05) is 5.69 Å². The SMILES string of the molecule is Cc1ccc(NC(C=O)c2ccc(C)c(F)c2)cc1. The van der Waals surface area contributed by atoms with Gasteiger partial charge in [-0.05, 0) is 43.2 Å². The maximum Gasteiger partial charge on any atom is 0.146 e. The molecule has 0 radical (unpaired) electrons. The Balaban J connectivity index is 2.22. The van der Waals surface area contributed by atoms with Gasteiger partial charge < -0.3 is 10.1 Å². The van der Waals surface area contributed by atoms with E-state index in [0.717, 1.165) is 17.5 Å². The van der Waals surface area contributed by atoms with Gasteiger partial charge in [0.15, 0.2) is 0 Å². The third kappa shape index (κ3) is 3.19. The number of rotatable bonds is 4. The van der Waals surface area contributed by atoms with Crippen LogP contribution in [0.1, 0.15) is 22.7 Å². The number of halogens is 1. The molecule has 2 aromatic rings. The van der Waals surface area contributed by atoms with Crippen LogP contribution in [-0.2, 0) is 4.79 Å². The van der Waals surface area contributed by atoms with Crippen LogP contribution in [0, 0.1) is 19.7 Å². The summed E-state index contributed by atoms with van der Waals surface area (Å²) in [5.41, 5.74) is 3.18. The predicted molar refractivity (Wildman–Crippen MR) is 74.7 cm³/mol. The molecule has 2 rings (SSSR count). The summed E-state index contributed by atoms with van der Waals surface area (Å²) in [5.74, 6) is -0.296. The van der Waals surface area contributed by atoms with Crippen molar-refractivity contribution in [2.45, 2.75) is 19.9 Å². The van der Waals surface area contributed by atoms with Gasteiger partial charge in [-0.25, -0.2) is 4.39 Å². The Morgan fingerprint density at radius 2 is 1.79 bits per heavy atom. The van der Waals surface area contributed by atoms with Crippen LogP contribution in [0.2, 0.25) is 0 Å². The molecule has 2 nitrogen and oxygen atoms in total. The number of aldehydes is 1. The van der Waals surface area contributed by atoms with Crippen molar-refractivity contribution in [2.75, 3.05) is 5.32 Å². The van der Waals surface area contributed by atoms with E-state index in [1.54, 1.807) is 19.1 Å². The Hall–Kier alpha value is -2.16. The second-order valence-corrected chi connectivity index (χ2v) is 4.63. The molecule has 0 saturated heterocycles. The molecular formula is C16H16FNO. The van der Waals surface area contributed by atoms with E-state index in [1.165, 1.54) is 6.07 Å². The van der Waals surface area contributed by atoms with E-state index >= 15 is 0 Å². The van der Waals surface area contributed by atoms with Crippen LogP contribution in [0.25, 0.3) is 0 Å². The summed E-state index contributed by atoms with van der Waals surface area (Å²) in [4.78, 5) is 11.2. The molecule has 2 aromatic carbocycles. The first-order valence-corrected chi connectivity index (χ1v) is 6.14. The molecular weight excluding hydrogens is 241 g/mol. The van der Waals surface area contributed by atoms with Crippen molar-refractivity contribution in [2.24, 2.45) is 0 Å². The lowest BCUT2D eigenvalue weighted by Gasteiger charge is -2.15. The highest BCUT2D eigenvalue weighted by Crippen LogP contribution is 2.20. The van der Waals surface area contributed by atoms with E-state index < -0.39 is 6.04 Å². The maximum atomic E-state index is 13.5. The summed E-state index contributed by atoms with van der Waals surface area (Å²) in [6.07, 6.45) is 0.782. The lowest BCUT2D eigenvalue weighted by Crippen LogP contribution is -2.12. The zero-order valence-corrected chi connectivity index (χ0v) is 11.0. The van der Waals surface area contributed by atoms with Crippen LogP contribution in [0.15, 0.2) is 42.5 Å². The number of nitrogens with one attached hydrogen (secondary N) is 1.